The van der Waals surface area contributed by atoms with Crippen molar-refractivity contribution in [2.45, 2.75) is 18.9 Å². The second-order valence-electron chi connectivity index (χ2n) is 8.28. The van der Waals surface area contributed by atoms with E-state index >= 15 is 0 Å². The molecule has 1 fully saturated rings. The number of hydrogen-bond acceptors (Lipinski definition) is 5. The van der Waals surface area contributed by atoms with Crippen molar-refractivity contribution in [1.29, 1.82) is 0 Å². The van der Waals surface area contributed by atoms with E-state index in [1.165, 1.54) is 12.0 Å². The number of nitrogens with zero attached hydrogens (tertiary/aromatic N) is 2. The molecule has 0 spiro atoms. The molecule has 3 heterocycles. The van der Waals surface area contributed by atoms with E-state index in [2.05, 4.69) is 39.0 Å². The molecule has 0 aliphatic carbocycles. The summed E-state index contributed by atoms with van der Waals surface area (Å²) >= 11 is 1.62. The molecule has 0 radical (unpaired) electrons. The van der Waals surface area contributed by atoms with E-state index in [0.717, 1.165) is 36.3 Å². The lowest BCUT2D eigenvalue weighted by molar-refractivity contribution is 0.286. The lowest BCUT2D eigenvalue weighted by atomic mass is 10.0. The van der Waals surface area contributed by atoms with Crippen LogP contribution < -0.4 is 5.56 Å². The summed E-state index contributed by atoms with van der Waals surface area (Å²) in [7, 11) is 0. The van der Waals surface area contributed by atoms with Gasteiger partial charge < -0.3 is 5.11 Å². The van der Waals surface area contributed by atoms with Crippen LogP contribution in [0.1, 0.15) is 30.0 Å². The lowest BCUT2D eigenvalue weighted by Gasteiger charge is -2.23. The summed E-state index contributed by atoms with van der Waals surface area (Å²) in [6.45, 7) is 5.87. The smallest absolute Gasteiger partial charge is 0.258 e. The van der Waals surface area contributed by atoms with Gasteiger partial charge in [0.15, 0.2) is 0 Å². The van der Waals surface area contributed by atoms with Crippen LogP contribution in [-0.4, -0.2) is 34.3 Å². The Morgan fingerprint density at radius 2 is 2.00 bits per heavy atom. The predicted octanol–water partition coefficient (Wildman–Crippen LogP) is 6.04. The van der Waals surface area contributed by atoms with Gasteiger partial charge in [-0.05, 0) is 77.2 Å². The Kier molecular flexibility index (Phi) is 5.94. The van der Waals surface area contributed by atoms with Crippen molar-refractivity contribution in [3.63, 3.8) is 0 Å². The number of H-pyrrole nitrogens is 1. The molecule has 2 N–H and O–H groups in total. The summed E-state index contributed by atoms with van der Waals surface area (Å²) < 4.78 is 0. The first-order valence-electron chi connectivity index (χ1n) is 11.0. The van der Waals surface area contributed by atoms with Gasteiger partial charge in [-0.15, -0.1) is 6.58 Å². The molecule has 166 valence electrons. The molecule has 1 aliphatic heterocycles. The Bertz CT molecular complexity index is 1370. The van der Waals surface area contributed by atoms with Crippen LogP contribution in [0.25, 0.3) is 21.9 Å². The van der Waals surface area contributed by atoms with Gasteiger partial charge >= 0.3 is 0 Å². The number of aliphatic imine (C=N–C) groups is 1. The van der Waals surface area contributed by atoms with Gasteiger partial charge in [-0.25, -0.2) is 0 Å². The maximum Gasteiger partial charge on any atom is 0.258 e. The Morgan fingerprint density at radius 1 is 1.15 bits per heavy atom. The van der Waals surface area contributed by atoms with Gasteiger partial charge in [-0.2, -0.15) is 11.3 Å². The molecule has 1 aliphatic rings. The fourth-order valence-corrected chi connectivity index (χ4v) is 5.25. The Hall–Kier alpha value is -3.48. The molecule has 2 aromatic carbocycles. The van der Waals surface area contributed by atoms with Crippen LogP contribution in [0, 0.1) is 0 Å². The van der Waals surface area contributed by atoms with Gasteiger partial charge in [0, 0.05) is 29.6 Å². The van der Waals surface area contributed by atoms with Crippen LogP contribution in [0.2, 0.25) is 0 Å². The quantitative estimate of drug-likeness (QED) is 0.275. The van der Waals surface area contributed by atoms with Crippen LogP contribution in [-0.2, 0) is 0 Å². The highest BCUT2D eigenvalue weighted by Gasteiger charge is 2.24. The van der Waals surface area contributed by atoms with E-state index in [1.54, 1.807) is 23.6 Å². The SMILES string of the molecule is C=CCN1CCCC1c1ccc(N=Cc2c(O)[nH]c(=O)c3ccc(-c4ccsc4)cc23)cc1. The van der Waals surface area contributed by atoms with Gasteiger partial charge in [0.1, 0.15) is 0 Å². The van der Waals surface area contributed by atoms with Gasteiger partial charge in [-0.1, -0.05) is 24.3 Å². The van der Waals surface area contributed by atoms with Gasteiger partial charge in [0.25, 0.3) is 5.56 Å². The Balaban J connectivity index is 1.47. The van der Waals surface area contributed by atoms with Crippen LogP contribution in [0.4, 0.5) is 5.69 Å². The van der Waals surface area contributed by atoms with E-state index in [0.29, 0.717) is 22.4 Å². The third-order valence-electron chi connectivity index (χ3n) is 6.24. The molecule has 0 amide bonds. The zero-order valence-electron chi connectivity index (χ0n) is 18.2. The molecule has 0 bridgehead atoms. The van der Waals surface area contributed by atoms with E-state index in [9.17, 15) is 9.90 Å². The maximum atomic E-state index is 12.4. The standard InChI is InChI=1S/C27H25N3O2S/c1-2-12-30-13-3-4-25(30)18-5-8-21(9-6-18)28-16-24-23-15-19(20-11-14-33-17-20)7-10-22(23)26(31)29-27(24)32/h2,5-11,14-17,25H,1,3-4,12-13H2,(H2,29,31,32). The van der Waals surface area contributed by atoms with Crippen molar-refractivity contribution in [2.24, 2.45) is 4.99 Å². The number of benzene rings is 2. The van der Waals surface area contributed by atoms with Crippen molar-refractivity contribution < 1.29 is 5.11 Å². The third kappa shape index (κ3) is 4.27. The molecular weight excluding hydrogens is 430 g/mol. The van der Waals surface area contributed by atoms with E-state index in [1.807, 2.05) is 41.8 Å². The molecule has 33 heavy (non-hydrogen) atoms. The molecule has 6 heteroatoms. The highest BCUT2D eigenvalue weighted by atomic mass is 32.1. The lowest BCUT2D eigenvalue weighted by Crippen LogP contribution is -2.23. The minimum Gasteiger partial charge on any atom is -0.494 e. The number of thiophene rings is 1. The van der Waals surface area contributed by atoms with Crippen LogP contribution >= 0.6 is 11.3 Å². The maximum absolute atomic E-state index is 12.4. The van der Waals surface area contributed by atoms with Crippen molar-refractivity contribution in [3.8, 4) is 17.0 Å². The molecule has 5 nitrogen and oxygen atoms in total. The summed E-state index contributed by atoms with van der Waals surface area (Å²) in [6.07, 6.45) is 5.94. The summed E-state index contributed by atoms with van der Waals surface area (Å²) in [5.41, 5.74) is 4.33. The first-order chi connectivity index (χ1) is 16.1. The summed E-state index contributed by atoms with van der Waals surface area (Å²) in [4.78, 5) is 22.0. The minimum atomic E-state index is -0.318. The van der Waals surface area contributed by atoms with E-state index in [4.69, 9.17) is 0 Å². The summed E-state index contributed by atoms with van der Waals surface area (Å²) in [6, 6.07) is 16.4. The molecular formula is C27H25N3O2S. The first-order valence-corrected chi connectivity index (χ1v) is 12.0. The number of fused-ring (bicyclic) bond motifs is 1. The average Bonchev–Trinajstić information content (AvgIpc) is 3.52. The molecule has 2 aromatic heterocycles. The van der Waals surface area contributed by atoms with Crippen LogP contribution in [0.3, 0.4) is 0 Å². The Labute approximate surface area is 196 Å². The van der Waals surface area contributed by atoms with E-state index < -0.39 is 0 Å². The number of rotatable bonds is 6. The van der Waals surface area contributed by atoms with Crippen molar-refractivity contribution in [2.75, 3.05) is 13.1 Å². The molecule has 1 saturated heterocycles. The predicted molar refractivity (Wildman–Crippen MR) is 137 cm³/mol. The second kappa shape index (κ2) is 9.17. The van der Waals surface area contributed by atoms with Crippen LogP contribution in [0.15, 0.2) is 81.7 Å². The number of aromatic nitrogens is 1. The number of likely N-dealkylation sites (tertiary alicyclic amines) is 1. The fourth-order valence-electron chi connectivity index (χ4n) is 4.58. The minimum absolute atomic E-state index is 0.179. The Morgan fingerprint density at radius 3 is 2.76 bits per heavy atom. The zero-order valence-corrected chi connectivity index (χ0v) is 19.0. The third-order valence-corrected chi connectivity index (χ3v) is 6.93. The van der Waals surface area contributed by atoms with Crippen molar-refractivity contribution in [1.82, 2.24) is 9.88 Å². The highest BCUT2D eigenvalue weighted by molar-refractivity contribution is 7.08. The molecule has 1 unspecified atom stereocenters. The number of aromatic hydroxyl groups is 1. The van der Waals surface area contributed by atoms with Gasteiger partial charge in [-0.3, -0.25) is 19.7 Å². The highest BCUT2D eigenvalue weighted by Crippen LogP contribution is 2.33. The van der Waals surface area contributed by atoms with Gasteiger partial charge in [0.2, 0.25) is 5.88 Å². The van der Waals surface area contributed by atoms with E-state index in [-0.39, 0.29) is 11.4 Å². The molecule has 5 rings (SSSR count). The van der Waals surface area contributed by atoms with Gasteiger partial charge in [0.05, 0.1) is 11.3 Å². The molecule has 0 saturated carbocycles. The monoisotopic (exact) mass is 455 g/mol. The normalized spacial score (nSPS) is 16.7. The van der Waals surface area contributed by atoms with Crippen molar-refractivity contribution in [3.05, 3.63) is 93.4 Å². The fraction of sp³-hybridized carbons (Fsp3) is 0.185. The van der Waals surface area contributed by atoms with Crippen LogP contribution in [0.5, 0.6) is 5.88 Å². The number of hydrogen-bond donors (Lipinski definition) is 2. The topological polar surface area (TPSA) is 68.7 Å². The number of pyridine rings is 1. The zero-order chi connectivity index (χ0) is 22.8. The average molecular weight is 456 g/mol. The number of aromatic amines is 1. The summed E-state index contributed by atoms with van der Waals surface area (Å²) in [5.74, 6) is -0.179. The van der Waals surface area contributed by atoms with Crippen molar-refractivity contribution >= 4 is 34.0 Å². The molecule has 1 atom stereocenters. The number of nitrogens with one attached hydrogen (secondary N) is 1. The second-order valence-corrected chi connectivity index (χ2v) is 9.06. The first kappa shape index (κ1) is 21.4. The molecule has 4 aromatic rings. The largest absolute Gasteiger partial charge is 0.494 e. The summed E-state index contributed by atoms with van der Waals surface area (Å²) in [5, 5.41) is 15.8.